The van der Waals surface area contributed by atoms with Crippen LogP contribution in [0.3, 0.4) is 0 Å². The molecule has 0 amide bonds. The number of carbonyl (C=O) groups is 1. The molecule has 0 bridgehead atoms. The fourth-order valence-electron chi connectivity index (χ4n) is 1.35. The predicted molar refractivity (Wildman–Crippen MR) is 61.1 cm³/mol. The van der Waals surface area contributed by atoms with Gasteiger partial charge in [0, 0.05) is 10.0 Å². The van der Waals surface area contributed by atoms with E-state index in [0.29, 0.717) is 5.75 Å². The highest BCUT2D eigenvalue weighted by Crippen LogP contribution is 2.30. The molecule has 1 unspecified atom stereocenters. The second kappa shape index (κ2) is 5.16. The van der Waals surface area contributed by atoms with Crippen LogP contribution >= 0.6 is 15.9 Å². The molecule has 1 atom stereocenters. The van der Waals surface area contributed by atoms with E-state index >= 15 is 0 Å². The summed E-state index contributed by atoms with van der Waals surface area (Å²) in [6.07, 6.45) is 0. The SMILES string of the molecule is COC(=O)C(C)c1cc(Br)ccc1OC. The summed E-state index contributed by atoms with van der Waals surface area (Å²) in [6.45, 7) is 1.79. The van der Waals surface area contributed by atoms with E-state index in [9.17, 15) is 4.79 Å². The van der Waals surface area contributed by atoms with Crippen molar-refractivity contribution in [2.75, 3.05) is 14.2 Å². The molecule has 4 heteroatoms. The van der Waals surface area contributed by atoms with E-state index < -0.39 is 0 Å². The van der Waals surface area contributed by atoms with Crippen LogP contribution in [0.4, 0.5) is 0 Å². The molecule has 0 aliphatic rings. The van der Waals surface area contributed by atoms with Crippen LogP contribution in [0, 0.1) is 0 Å². The van der Waals surface area contributed by atoms with E-state index in [0.717, 1.165) is 10.0 Å². The van der Waals surface area contributed by atoms with E-state index in [4.69, 9.17) is 9.47 Å². The van der Waals surface area contributed by atoms with E-state index in [2.05, 4.69) is 15.9 Å². The van der Waals surface area contributed by atoms with Crippen molar-refractivity contribution in [3.63, 3.8) is 0 Å². The number of ether oxygens (including phenoxy) is 2. The first-order valence-corrected chi connectivity index (χ1v) is 5.30. The van der Waals surface area contributed by atoms with E-state index in [1.807, 2.05) is 18.2 Å². The quantitative estimate of drug-likeness (QED) is 0.794. The van der Waals surface area contributed by atoms with Gasteiger partial charge in [0.15, 0.2) is 0 Å². The summed E-state index contributed by atoms with van der Waals surface area (Å²) < 4.78 is 10.8. The molecular weight excluding hydrogens is 260 g/mol. The molecule has 1 aromatic carbocycles. The first-order valence-electron chi connectivity index (χ1n) is 4.51. The van der Waals surface area contributed by atoms with Crippen molar-refractivity contribution in [2.45, 2.75) is 12.8 Å². The van der Waals surface area contributed by atoms with Gasteiger partial charge in [0.2, 0.25) is 0 Å². The van der Waals surface area contributed by atoms with Gasteiger partial charge in [-0.2, -0.15) is 0 Å². The first kappa shape index (κ1) is 12.0. The number of methoxy groups -OCH3 is 2. The Balaban J connectivity index is 3.10. The van der Waals surface area contributed by atoms with Crippen LogP contribution in [0.15, 0.2) is 22.7 Å². The second-order valence-electron chi connectivity index (χ2n) is 3.13. The standard InChI is InChI=1S/C11H13BrO3/c1-7(11(13)15-3)9-6-8(12)4-5-10(9)14-2/h4-7H,1-3H3. The van der Waals surface area contributed by atoms with Gasteiger partial charge in [0.1, 0.15) is 5.75 Å². The molecule has 0 saturated carbocycles. The number of rotatable bonds is 3. The van der Waals surface area contributed by atoms with Crippen molar-refractivity contribution in [3.05, 3.63) is 28.2 Å². The fraction of sp³-hybridized carbons (Fsp3) is 0.364. The molecule has 0 aliphatic carbocycles. The van der Waals surface area contributed by atoms with Crippen LogP contribution in [0.2, 0.25) is 0 Å². The summed E-state index contributed by atoms with van der Waals surface area (Å²) in [4.78, 5) is 11.4. The van der Waals surface area contributed by atoms with Gasteiger partial charge in [-0.1, -0.05) is 15.9 Å². The second-order valence-corrected chi connectivity index (χ2v) is 4.05. The number of hydrogen-bond acceptors (Lipinski definition) is 3. The lowest BCUT2D eigenvalue weighted by Gasteiger charge is -2.13. The Labute approximate surface area is 97.5 Å². The van der Waals surface area contributed by atoms with Gasteiger partial charge in [-0.25, -0.2) is 0 Å². The van der Waals surface area contributed by atoms with Crippen LogP contribution in [-0.2, 0) is 9.53 Å². The van der Waals surface area contributed by atoms with E-state index in [-0.39, 0.29) is 11.9 Å². The van der Waals surface area contributed by atoms with E-state index in [1.54, 1.807) is 14.0 Å². The summed E-state index contributed by atoms with van der Waals surface area (Å²) >= 11 is 3.36. The topological polar surface area (TPSA) is 35.5 Å². The van der Waals surface area contributed by atoms with Crippen LogP contribution in [0.5, 0.6) is 5.75 Å². The maximum absolute atomic E-state index is 11.4. The van der Waals surface area contributed by atoms with Gasteiger partial charge in [-0.15, -0.1) is 0 Å². The molecule has 0 aliphatic heterocycles. The molecule has 0 saturated heterocycles. The summed E-state index contributed by atoms with van der Waals surface area (Å²) in [7, 11) is 2.96. The summed E-state index contributed by atoms with van der Waals surface area (Å²) in [5.74, 6) is 0.0879. The van der Waals surface area contributed by atoms with Crippen molar-refractivity contribution in [1.82, 2.24) is 0 Å². The van der Waals surface area contributed by atoms with Gasteiger partial charge in [0.05, 0.1) is 20.1 Å². The highest BCUT2D eigenvalue weighted by Gasteiger charge is 2.19. The molecule has 1 aromatic rings. The summed E-state index contributed by atoms with van der Waals surface area (Å²) in [5, 5.41) is 0. The molecular formula is C11H13BrO3. The highest BCUT2D eigenvalue weighted by molar-refractivity contribution is 9.10. The lowest BCUT2D eigenvalue weighted by atomic mass is 10.0. The Morgan fingerprint density at radius 3 is 2.60 bits per heavy atom. The van der Waals surface area contributed by atoms with Crippen LogP contribution in [-0.4, -0.2) is 20.2 Å². The van der Waals surface area contributed by atoms with Gasteiger partial charge in [-0.05, 0) is 25.1 Å². The zero-order chi connectivity index (χ0) is 11.4. The molecule has 0 heterocycles. The Morgan fingerprint density at radius 1 is 1.40 bits per heavy atom. The van der Waals surface area contributed by atoms with Gasteiger partial charge in [-0.3, -0.25) is 4.79 Å². The molecule has 0 radical (unpaired) electrons. The molecule has 15 heavy (non-hydrogen) atoms. The number of esters is 1. The Bertz CT molecular complexity index is 363. The minimum atomic E-state index is -0.331. The largest absolute Gasteiger partial charge is 0.496 e. The zero-order valence-electron chi connectivity index (χ0n) is 8.91. The normalized spacial score (nSPS) is 12.0. The van der Waals surface area contributed by atoms with E-state index in [1.165, 1.54) is 7.11 Å². The highest BCUT2D eigenvalue weighted by atomic mass is 79.9. The molecule has 82 valence electrons. The maximum atomic E-state index is 11.4. The Morgan fingerprint density at radius 2 is 2.07 bits per heavy atom. The average Bonchev–Trinajstić information content (AvgIpc) is 2.27. The van der Waals surface area contributed by atoms with Crippen molar-refractivity contribution in [3.8, 4) is 5.75 Å². The molecule has 0 spiro atoms. The molecule has 3 nitrogen and oxygen atoms in total. The number of benzene rings is 1. The third-order valence-corrected chi connectivity index (χ3v) is 2.71. The third-order valence-electron chi connectivity index (χ3n) is 2.21. The third kappa shape index (κ3) is 2.72. The lowest BCUT2D eigenvalue weighted by Crippen LogP contribution is -2.11. The molecule has 0 N–H and O–H groups in total. The van der Waals surface area contributed by atoms with Crippen molar-refractivity contribution >= 4 is 21.9 Å². The fourth-order valence-corrected chi connectivity index (χ4v) is 1.73. The Kier molecular flexibility index (Phi) is 4.15. The number of carbonyl (C=O) groups excluding carboxylic acids is 1. The minimum absolute atomic E-state index is 0.272. The summed E-state index contributed by atoms with van der Waals surface area (Å²) in [6, 6.07) is 5.55. The van der Waals surface area contributed by atoms with Gasteiger partial charge >= 0.3 is 5.97 Å². The van der Waals surface area contributed by atoms with Crippen molar-refractivity contribution < 1.29 is 14.3 Å². The predicted octanol–water partition coefficient (Wildman–Crippen LogP) is 2.73. The Hall–Kier alpha value is -1.03. The maximum Gasteiger partial charge on any atom is 0.312 e. The molecule has 1 rings (SSSR count). The van der Waals surface area contributed by atoms with Gasteiger partial charge in [0.25, 0.3) is 0 Å². The lowest BCUT2D eigenvalue weighted by molar-refractivity contribution is -0.142. The van der Waals surface area contributed by atoms with Gasteiger partial charge < -0.3 is 9.47 Å². The number of hydrogen-bond donors (Lipinski definition) is 0. The molecule has 0 fully saturated rings. The first-order chi connectivity index (χ1) is 7.10. The summed E-state index contributed by atoms with van der Waals surface area (Å²) in [5.41, 5.74) is 0.818. The van der Waals surface area contributed by atoms with Crippen LogP contribution < -0.4 is 4.74 Å². The molecule has 0 aromatic heterocycles. The van der Waals surface area contributed by atoms with Crippen molar-refractivity contribution in [1.29, 1.82) is 0 Å². The average molecular weight is 273 g/mol. The number of halogens is 1. The van der Waals surface area contributed by atoms with Crippen molar-refractivity contribution in [2.24, 2.45) is 0 Å². The zero-order valence-corrected chi connectivity index (χ0v) is 10.5. The smallest absolute Gasteiger partial charge is 0.312 e. The monoisotopic (exact) mass is 272 g/mol. The van der Waals surface area contributed by atoms with Crippen LogP contribution in [0.25, 0.3) is 0 Å². The van der Waals surface area contributed by atoms with Crippen LogP contribution in [0.1, 0.15) is 18.4 Å². The minimum Gasteiger partial charge on any atom is -0.496 e.